The van der Waals surface area contributed by atoms with Gasteiger partial charge in [-0.25, -0.2) is 0 Å². The van der Waals surface area contributed by atoms with Crippen molar-refractivity contribution in [3.63, 3.8) is 0 Å². The van der Waals surface area contributed by atoms with Crippen LogP contribution < -0.4 is 9.47 Å². The van der Waals surface area contributed by atoms with E-state index < -0.39 is 0 Å². The topological polar surface area (TPSA) is 30.8 Å². The maximum absolute atomic E-state index is 6.28. The van der Waals surface area contributed by atoms with Crippen molar-refractivity contribution in [1.82, 2.24) is 0 Å². The van der Waals surface area contributed by atoms with E-state index in [1.54, 1.807) is 12.3 Å². The minimum atomic E-state index is 0.135. The third kappa shape index (κ3) is 4.51. The summed E-state index contributed by atoms with van der Waals surface area (Å²) in [5.41, 5.74) is 2.85. The van der Waals surface area contributed by atoms with Gasteiger partial charge in [0.15, 0.2) is 11.5 Å². The molecule has 0 aliphatic heterocycles. The first-order valence-corrected chi connectivity index (χ1v) is 7.65. The Hall–Kier alpha value is -2.44. The van der Waals surface area contributed by atoms with E-state index in [-0.39, 0.29) is 6.61 Å². The summed E-state index contributed by atoms with van der Waals surface area (Å²) < 4.78 is 11.1. The van der Waals surface area contributed by atoms with Gasteiger partial charge in [0, 0.05) is 6.21 Å². The summed E-state index contributed by atoms with van der Waals surface area (Å²) >= 11 is 6.28. The zero-order valence-electron chi connectivity index (χ0n) is 13.2. The fourth-order valence-electron chi connectivity index (χ4n) is 2.03. The van der Waals surface area contributed by atoms with Crippen LogP contribution in [-0.2, 0) is 0 Å². The summed E-state index contributed by atoms with van der Waals surface area (Å²) in [7, 11) is 0. The zero-order valence-corrected chi connectivity index (χ0v) is 13.9. The molecule has 2 aromatic rings. The van der Waals surface area contributed by atoms with Crippen LogP contribution in [0.2, 0.25) is 5.02 Å². The maximum Gasteiger partial charge on any atom is 0.181 e. The standard InChI is InChI=1S/C19H18ClNO2/c1-4-10-23-19-16(20)11-15(12-18(19)22-5-2)13-21-17-9-7-6-8-14(17)3/h1,6-9,11-13H,5,10H2,2-3H3. The first-order valence-electron chi connectivity index (χ1n) is 7.28. The summed E-state index contributed by atoms with van der Waals surface area (Å²) in [6.45, 7) is 4.55. The van der Waals surface area contributed by atoms with Crippen LogP contribution in [0.5, 0.6) is 11.5 Å². The smallest absolute Gasteiger partial charge is 0.181 e. The minimum absolute atomic E-state index is 0.135. The quantitative estimate of drug-likeness (QED) is 0.563. The summed E-state index contributed by atoms with van der Waals surface area (Å²) in [6.07, 6.45) is 6.98. The van der Waals surface area contributed by atoms with Gasteiger partial charge in [0.2, 0.25) is 0 Å². The van der Waals surface area contributed by atoms with Gasteiger partial charge in [0.05, 0.1) is 17.3 Å². The van der Waals surface area contributed by atoms with E-state index in [0.717, 1.165) is 16.8 Å². The number of nitrogens with zero attached hydrogens (tertiary/aromatic N) is 1. The third-order valence-corrected chi connectivity index (χ3v) is 3.38. The van der Waals surface area contributed by atoms with Crippen molar-refractivity contribution in [1.29, 1.82) is 0 Å². The molecule has 0 spiro atoms. The van der Waals surface area contributed by atoms with Crippen molar-refractivity contribution in [2.45, 2.75) is 13.8 Å². The van der Waals surface area contributed by atoms with Gasteiger partial charge in [-0.2, -0.15) is 0 Å². The van der Waals surface area contributed by atoms with Gasteiger partial charge in [0.1, 0.15) is 6.61 Å². The average molecular weight is 328 g/mol. The molecular formula is C19H18ClNO2. The molecule has 2 rings (SSSR count). The van der Waals surface area contributed by atoms with Gasteiger partial charge >= 0.3 is 0 Å². The number of aliphatic imine (C=N–C) groups is 1. The Labute approximate surface area is 141 Å². The summed E-state index contributed by atoms with van der Waals surface area (Å²) in [6, 6.07) is 11.5. The normalized spacial score (nSPS) is 10.5. The molecular weight excluding hydrogens is 310 g/mol. The molecule has 4 heteroatoms. The van der Waals surface area contributed by atoms with E-state index in [9.17, 15) is 0 Å². The lowest BCUT2D eigenvalue weighted by Gasteiger charge is -2.12. The number of aryl methyl sites for hydroxylation is 1. The Morgan fingerprint density at radius 3 is 2.74 bits per heavy atom. The molecule has 0 heterocycles. The molecule has 0 bridgehead atoms. The molecule has 0 aliphatic rings. The van der Waals surface area contributed by atoms with Crippen LogP contribution in [0.15, 0.2) is 41.4 Å². The van der Waals surface area contributed by atoms with Crippen LogP contribution in [0.25, 0.3) is 0 Å². The van der Waals surface area contributed by atoms with Crippen LogP contribution in [0.3, 0.4) is 0 Å². The monoisotopic (exact) mass is 327 g/mol. The predicted octanol–water partition coefficient (Wildman–Crippen LogP) is 4.81. The molecule has 0 aromatic heterocycles. The molecule has 23 heavy (non-hydrogen) atoms. The summed E-state index contributed by atoms with van der Waals surface area (Å²) in [4.78, 5) is 4.50. The van der Waals surface area contributed by atoms with E-state index in [1.807, 2.05) is 44.2 Å². The lowest BCUT2D eigenvalue weighted by atomic mass is 10.2. The third-order valence-electron chi connectivity index (χ3n) is 3.10. The van der Waals surface area contributed by atoms with Crippen molar-refractivity contribution >= 4 is 23.5 Å². The number of hydrogen-bond acceptors (Lipinski definition) is 3. The summed E-state index contributed by atoms with van der Waals surface area (Å²) in [5.74, 6) is 3.43. The highest BCUT2D eigenvalue weighted by molar-refractivity contribution is 6.32. The maximum atomic E-state index is 6.28. The van der Waals surface area contributed by atoms with Crippen molar-refractivity contribution in [2.75, 3.05) is 13.2 Å². The number of hydrogen-bond donors (Lipinski definition) is 0. The Bertz CT molecular complexity index is 748. The molecule has 0 saturated heterocycles. The molecule has 118 valence electrons. The second-order valence-electron chi connectivity index (χ2n) is 4.80. The summed E-state index contributed by atoms with van der Waals surface area (Å²) in [5, 5.41) is 0.442. The lowest BCUT2D eigenvalue weighted by molar-refractivity contribution is 0.299. The molecule has 0 unspecified atom stereocenters. The second kappa shape index (κ2) is 8.26. The van der Waals surface area contributed by atoms with E-state index in [4.69, 9.17) is 27.5 Å². The molecule has 0 radical (unpaired) electrons. The number of halogens is 1. The fourth-order valence-corrected chi connectivity index (χ4v) is 2.31. The number of benzene rings is 2. The second-order valence-corrected chi connectivity index (χ2v) is 5.21. The molecule has 0 saturated carbocycles. The molecule has 0 N–H and O–H groups in total. The van der Waals surface area contributed by atoms with Crippen molar-refractivity contribution in [3.05, 3.63) is 52.5 Å². The van der Waals surface area contributed by atoms with Crippen molar-refractivity contribution < 1.29 is 9.47 Å². The molecule has 3 nitrogen and oxygen atoms in total. The van der Waals surface area contributed by atoms with E-state index in [0.29, 0.717) is 23.1 Å². The highest BCUT2D eigenvalue weighted by atomic mass is 35.5. The van der Waals surface area contributed by atoms with Gasteiger partial charge < -0.3 is 9.47 Å². The minimum Gasteiger partial charge on any atom is -0.490 e. The van der Waals surface area contributed by atoms with E-state index in [2.05, 4.69) is 10.9 Å². The zero-order chi connectivity index (χ0) is 16.7. The van der Waals surface area contributed by atoms with Crippen molar-refractivity contribution in [3.8, 4) is 23.8 Å². The largest absolute Gasteiger partial charge is 0.490 e. The van der Waals surface area contributed by atoms with E-state index in [1.165, 1.54) is 0 Å². The molecule has 2 aromatic carbocycles. The SMILES string of the molecule is C#CCOc1c(Cl)cc(C=Nc2ccccc2C)cc1OCC. The van der Waals surface area contributed by atoms with Gasteiger partial charge in [-0.1, -0.05) is 35.7 Å². The Morgan fingerprint density at radius 1 is 1.26 bits per heavy atom. The van der Waals surface area contributed by atoms with Gasteiger partial charge in [-0.3, -0.25) is 4.99 Å². The Morgan fingerprint density at radius 2 is 2.04 bits per heavy atom. The van der Waals surface area contributed by atoms with Crippen LogP contribution >= 0.6 is 11.6 Å². The van der Waals surface area contributed by atoms with Gasteiger partial charge in [-0.05, 0) is 43.2 Å². The first-order chi connectivity index (χ1) is 11.2. The van der Waals surface area contributed by atoms with Crippen LogP contribution in [0.1, 0.15) is 18.1 Å². The van der Waals surface area contributed by atoms with Crippen LogP contribution in [0, 0.1) is 19.3 Å². The van der Waals surface area contributed by atoms with Crippen LogP contribution in [0.4, 0.5) is 5.69 Å². The van der Waals surface area contributed by atoms with E-state index >= 15 is 0 Å². The molecule has 0 atom stereocenters. The molecule has 0 fully saturated rings. The number of terminal acetylenes is 1. The number of ether oxygens (including phenoxy) is 2. The number of rotatable bonds is 6. The molecule has 0 amide bonds. The van der Waals surface area contributed by atoms with Gasteiger partial charge in [0.25, 0.3) is 0 Å². The number of para-hydroxylation sites is 1. The van der Waals surface area contributed by atoms with Crippen molar-refractivity contribution in [2.24, 2.45) is 4.99 Å². The predicted molar refractivity (Wildman–Crippen MR) is 95.4 cm³/mol. The highest BCUT2D eigenvalue weighted by Gasteiger charge is 2.11. The Balaban J connectivity index is 2.33. The first kappa shape index (κ1) is 16.9. The average Bonchev–Trinajstić information content (AvgIpc) is 2.54. The highest BCUT2D eigenvalue weighted by Crippen LogP contribution is 2.36. The van der Waals surface area contributed by atoms with Gasteiger partial charge in [-0.15, -0.1) is 6.42 Å². The fraction of sp³-hybridized carbons (Fsp3) is 0.211. The molecule has 0 aliphatic carbocycles. The van der Waals surface area contributed by atoms with Crippen LogP contribution in [-0.4, -0.2) is 19.4 Å². The Kier molecular flexibility index (Phi) is 6.08. The lowest BCUT2D eigenvalue weighted by Crippen LogP contribution is -2.01.